The molecule has 3 amide bonds. The van der Waals surface area contributed by atoms with E-state index >= 15 is 0 Å². The number of hydrogen-bond donors (Lipinski definition) is 2. The van der Waals surface area contributed by atoms with Crippen LogP contribution < -0.4 is 15.5 Å². The molecule has 8 heteroatoms. The highest BCUT2D eigenvalue weighted by molar-refractivity contribution is 7.10. The van der Waals surface area contributed by atoms with Crippen LogP contribution in [0.1, 0.15) is 42.0 Å². The van der Waals surface area contributed by atoms with Crippen LogP contribution >= 0.6 is 11.3 Å². The fourth-order valence-corrected chi connectivity index (χ4v) is 5.34. The molecule has 0 radical (unpaired) electrons. The lowest BCUT2D eigenvalue weighted by Gasteiger charge is -2.31. The number of carbonyl (C=O) groups excluding carboxylic acids is 3. The van der Waals surface area contributed by atoms with E-state index in [1.807, 2.05) is 24.3 Å². The SMILES string of the molecule is Cc1ccc(NC(=O)C(=O)NCCN2CCC(c3cccs3)CC2)cc1N1CCCC1=O. The summed E-state index contributed by atoms with van der Waals surface area (Å²) in [5, 5.41) is 7.51. The maximum Gasteiger partial charge on any atom is 0.313 e. The van der Waals surface area contributed by atoms with Crippen molar-refractivity contribution in [2.45, 2.75) is 38.5 Å². The zero-order valence-electron chi connectivity index (χ0n) is 18.4. The minimum atomic E-state index is -0.691. The molecule has 170 valence electrons. The van der Waals surface area contributed by atoms with Crippen molar-refractivity contribution in [2.75, 3.05) is 42.9 Å². The highest BCUT2D eigenvalue weighted by atomic mass is 32.1. The van der Waals surface area contributed by atoms with Gasteiger partial charge in [-0.05, 0) is 74.3 Å². The van der Waals surface area contributed by atoms with Gasteiger partial charge < -0.3 is 20.4 Å². The van der Waals surface area contributed by atoms with Gasteiger partial charge >= 0.3 is 11.8 Å². The monoisotopic (exact) mass is 454 g/mol. The second-order valence-corrected chi connectivity index (χ2v) is 9.47. The van der Waals surface area contributed by atoms with Gasteiger partial charge in [-0.15, -0.1) is 11.3 Å². The van der Waals surface area contributed by atoms with Gasteiger partial charge in [0, 0.05) is 42.3 Å². The fraction of sp³-hybridized carbons (Fsp3) is 0.458. The minimum absolute atomic E-state index is 0.0914. The summed E-state index contributed by atoms with van der Waals surface area (Å²) in [6, 6.07) is 9.69. The highest BCUT2D eigenvalue weighted by Crippen LogP contribution is 2.31. The summed E-state index contributed by atoms with van der Waals surface area (Å²) in [5.74, 6) is -0.600. The Balaban J connectivity index is 1.22. The molecule has 0 bridgehead atoms. The van der Waals surface area contributed by atoms with Crippen molar-refractivity contribution < 1.29 is 14.4 Å². The lowest BCUT2D eigenvalue weighted by molar-refractivity contribution is -0.136. The standard InChI is InChI=1S/C24H30N4O3S/c1-17-6-7-19(16-20(17)28-11-2-5-22(28)29)26-24(31)23(30)25-10-14-27-12-8-18(9-13-27)21-4-3-15-32-21/h3-4,6-7,15-16,18H,2,5,8-14H2,1H3,(H,25,30)(H,26,31). The van der Waals surface area contributed by atoms with Crippen LogP contribution in [0.2, 0.25) is 0 Å². The maximum atomic E-state index is 12.3. The molecule has 2 aliphatic rings. The first-order chi connectivity index (χ1) is 15.5. The van der Waals surface area contributed by atoms with Gasteiger partial charge in [0.1, 0.15) is 0 Å². The molecule has 2 saturated heterocycles. The minimum Gasteiger partial charge on any atom is -0.347 e. The molecule has 7 nitrogen and oxygen atoms in total. The summed E-state index contributed by atoms with van der Waals surface area (Å²) in [6.07, 6.45) is 3.64. The molecule has 4 rings (SSSR count). The number of carbonyl (C=O) groups is 3. The molecule has 2 N–H and O–H groups in total. The molecule has 2 aromatic rings. The molecule has 2 aliphatic heterocycles. The van der Waals surface area contributed by atoms with Crippen LogP contribution in [0, 0.1) is 6.92 Å². The number of piperidine rings is 1. The molecular formula is C24H30N4O3S. The van der Waals surface area contributed by atoms with Crippen molar-refractivity contribution in [1.82, 2.24) is 10.2 Å². The Bertz CT molecular complexity index is 968. The van der Waals surface area contributed by atoms with E-state index in [2.05, 4.69) is 33.0 Å². The van der Waals surface area contributed by atoms with Gasteiger partial charge in [-0.3, -0.25) is 14.4 Å². The molecule has 3 heterocycles. The van der Waals surface area contributed by atoms with Gasteiger partial charge in [-0.1, -0.05) is 12.1 Å². The summed E-state index contributed by atoms with van der Waals surface area (Å²) in [5.41, 5.74) is 2.27. The predicted octanol–water partition coefficient (Wildman–Crippen LogP) is 3.12. The molecule has 32 heavy (non-hydrogen) atoms. The Morgan fingerprint density at radius 3 is 2.62 bits per heavy atom. The topological polar surface area (TPSA) is 81.8 Å². The molecule has 1 aromatic carbocycles. The van der Waals surface area contributed by atoms with E-state index in [9.17, 15) is 14.4 Å². The van der Waals surface area contributed by atoms with Crippen LogP contribution in [-0.2, 0) is 14.4 Å². The van der Waals surface area contributed by atoms with Crippen molar-refractivity contribution in [2.24, 2.45) is 0 Å². The predicted molar refractivity (Wildman–Crippen MR) is 127 cm³/mol. The Labute approximate surface area is 192 Å². The number of benzene rings is 1. The fourth-order valence-electron chi connectivity index (χ4n) is 4.44. The van der Waals surface area contributed by atoms with Crippen LogP contribution in [0.4, 0.5) is 11.4 Å². The number of hydrogen-bond acceptors (Lipinski definition) is 5. The molecule has 0 unspecified atom stereocenters. The molecule has 0 aliphatic carbocycles. The first-order valence-electron chi connectivity index (χ1n) is 11.3. The number of nitrogens with one attached hydrogen (secondary N) is 2. The largest absolute Gasteiger partial charge is 0.347 e. The summed E-state index contributed by atoms with van der Waals surface area (Å²) in [7, 11) is 0. The third-order valence-corrected chi connectivity index (χ3v) is 7.32. The summed E-state index contributed by atoms with van der Waals surface area (Å²) >= 11 is 1.83. The van der Waals surface area contributed by atoms with Gasteiger partial charge in [0.2, 0.25) is 5.91 Å². The molecule has 0 saturated carbocycles. The van der Waals surface area contributed by atoms with Gasteiger partial charge in [0.15, 0.2) is 0 Å². The lowest BCUT2D eigenvalue weighted by Crippen LogP contribution is -2.42. The van der Waals surface area contributed by atoms with Crippen molar-refractivity contribution >= 4 is 40.4 Å². The molecule has 1 aromatic heterocycles. The second kappa shape index (κ2) is 10.3. The number of thiophene rings is 1. The molecule has 0 atom stereocenters. The van der Waals surface area contributed by atoms with Gasteiger partial charge in [0.05, 0.1) is 0 Å². The highest BCUT2D eigenvalue weighted by Gasteiger charge is 2.24. The van der Waals surface area contributed by atoms with Gasteiger partial charge in [-0.2, -0.15) is 0 Å². The van der Waals surface area contributed by atoms with Crippen LogP contribution in [0.3, 0.4) is 0 Å². The normalized spacial score (nSPS) is 17.5. The van der Waals surface area contributed by atoms with E-state index in [0.29, 0.717) is 31.1 Å². The Morgan fingerprint density at radius 2 is 1.94 bits per heavy atom. The average Bonchev–Trinajstić information content (AvgIpc) is 3.47. The van der Waals surface area contributed by atoms with Gasteiger partial charge in [-0.25, -0.2) is 0 Å². The maximum absolute atomic E-state index is 12.3. The van der Waals surface area contributed by atoms with Crippen LogP contribution in [0.15, 0.2) is 35.7 Å². The zero-order chi connectivity index (χ0) is 22.5. The van der Waals surface area contributed by atoms with E-state index in [1.54, 1.807) is 17.0 Å². The first-order valence-corrected chi connectivity index (χ1v) is 12.1. The zero-order valence-corrected chi connectivity index (χ0v) is 19.2. The number of rotatable bonds is 6. The average molecular weight is 455 g/mol. The summed E-state index contributed by atoms with van der Waals surface area (Å²) < 4.78 is 0. The number of anilines is 2. The number of nitrogens with zero attached hydrogens (tertiary/aromatic N) is 2. The van der Waals surface area contributed by atoms with Crippen LogP contribution in [0.25, 0.3) is 0 Å². The van der Waals surface area contributed by atoms with Crippen molar-refractivity contribution in [3.8, 4) is 0 Å². The lowest BCUT2D eigenvalue weighted by atomic mass is 9.95. The number of amides is 3. The smallest absolute Gasteiger partial charge is 0.313 e. The Hall–Kier alpha value is -2.71. The third kappa shape index (κ3) is 5.37. The number of aryl methyl sites for hydroxylation is 1. The van der Waals surface area contributed by atoms with E-state index in [4.69, 9.17) is 0 Å². The Kier molecular flexibility index (Phi) is 7.22. The number of likely N-dealkylation sites (tertiary alicyclic amines) is 1. The molecule has 2 fully saturated rings. The summed E-state index contributed by atoms with van der Waals surface area (Å²) in [4.78, 5) is 42.2. The van der Waals surface area contributed by atoms with Crippen LogP contribution in [-0.4, -0.2) is 55.3 Å². The first kappa shape index (κ1) is 22.5. The van der Waals surface area contributed by atoms with E-state index in [-0.39, 0.29) is 5.91 Å². The van der Waals surface area contributed by atoms with E-state index < -0.39 is 11.8 Å². The van der Waals surface area contributed by atoms with E-state index in [0.717, 1.165) is 50.1 Å². The van der Waals surface area contributed by atoms with Crippen LogP contribution in [0.5, 0.6) is 0 Å². The van der Waals surface area contributed by atoms with Crippen molar-refractivity contribution in [3.63, 3.8) is 0 Å². The molecular weight excluding hydrogens is 424 g/mol. The van der Waals surface area contributed by atoms with Gasteiger partial charge in [0.25, 0.3) is 0 Å². The molecule has 0 spiro atoms. The second-order valence-electron chi connectivity index (χ2n) is 8.49. The van der Waals surface area contributed by atoms with Crippen molar-refractivity contribution in [1.29, 1.82) is 0 Å². The summed E-state index contributed by atoms with van der Waals surface area (Å²) in [6.45, 7) is 5.81. The quantitative estimate of drug-likeness (QED) is 0.657. The Morgan fingerprint density at radius 1 is 1.12 bits per heavy atom. The van der Waals surface area contributed by atoms with E-state index in [1.165, 1.54) is 4.88 Å². The van der Waals surface area contributed by atoms with Crippen molar-refractivity contribution in [3.05, 3.63) is 46.2 Å². The third-order valence-electron chi connectivity index (χ3n) is 6.28.